The summed E-state index contributed by atoms with van der Waals surface area (Å²) in [5.41, 5.74) is 1.55. The first-order valence-corrected chi connectivity index (χ1v) is 8.23. The number of H-pyrrole nitrogens is 1. The Morgan fingerprint density at radius 3 is 2.50 bits per heavy atom. The first-order chi connectivity index (χ1) is 11.6. The first-order valence-electron chi connectivity index (χ1n) is 8.23. The van der Waals surface area contributed by atoms with Gasteiger partial charge in [-0.25, -0.2) is 4.98 Å². The minimum Gasteiger partial charge on any atom is -0.324 e. The molecule has 7 heteroatoms. The Labute approximate surface area is 138 Å². The van der Waals surface area contributed by atoms with E-state index in [-0.39, 0.29) is 30.2 Å². The van der Waals surface area contributed by atoms with Gasteiger partial charge in [0.15, 0.2) is 0 Å². The summed E-state index contributed by atoms with van der Waals surface area (Å²) in [6.45, 7) is -0.248. The molecule has 0 bridgehead atoms. The number of hydrogen-bond acceptors (Lipinski definition) is 4. The molecule has 0 unspecified atom stereocenters. The van der Waals surface area contributed by atoms with Crippen molar-refractivity contribution in [3.05, 3.63) is 24.3 Å². The number of para-hydroxylation sites is 2. The minimum absolute atomic E-state index is 0.204. The fourth-order valence-corrected chi connectivity index (χ4v) is 3.71. The summed E-state index contributed by atoms with van der Waals surface area (Å²) < 4.78 is 0. The molecule has 2 aliphatic rings. The highest BCUT2D eigenvalue weighted by Gasteiger charge is 2.48. The van der Waals surface area contributed by atoms with Gasteiger partial charge >= 0.3 is 0 Å². The van der Waals surface area contributed by atoms with Gasteiger partial charge in [-0.05, 0) is 25.0 Å². The predicted octanol–water partition coefficient (Wildman–Crippen LogP) is 1.68. The lowest BCUT2D eigenvalue weighted by atomic mass is 9.81. The van der Waals surface area contributed by atoms with Crippen molar-refractivity contribution in [3.63, 3.8) is 0 Å². The predicted molar refractivity (Wildman–Crippen MR) is 86.9 cm³/mol. The normalized spacial score (nSPS) is 23.6. The number of nitrogens with one attached hydrogen (secondary N) is 2. The van der Waals surface area contributed by atoms with Crippen molar-refractivity contribution in [2.75, 3.05) is 11.9 Å². The molecule has 2 fully saturated rings. The van der Waals surface area contributed by atoms with Crippen LogP contribution >= 0.6 is 0 Å². The summed E-state index contributed by atoms with van der Waals surface area (Å²) in [5, 5.41) is 2.63. The molecule has 0 spiro atoms. The van der Waals surface area contributed by atoms with Gasteiger partial charge in [0.1, 0.15) is 6.54 Å². The molecule has 3 amide bonds. The van der Waals surface area contributed by atoms with Crippen LogP contribution in [0.2, 0.25) is 0 Å². The smallest absolute Gasteiger partial charge is 0.246 e. The van der Waals surface area contributed by atoms with E-state index in [1.807, 2.05) is 24.3 Å². The van der Waals surface area contributed by atoms with E-state index in [0.717, 1.165) is 41.6 Å². The Bertz CT molecular complexity index is 771. The number of carbonyl (C=O) groups excluding carboxylic acids is 3. The van der Waals surface area contributed by atoms with E-state index < -0.39 is 5.91 Å². The third-order valence-corrected chi connectivity index (χ3v) is 4.88. The average molecular weight is 326 g/mol. The van der Waals surface area contributed by atoms with Crippen molar-refractivity contribution in [1.29, 1.82) is 0 Å². The minimum atomic E-state index is -0.422. The van der Waals surface area contributed by atoms with Crippen LogP contribution in [0.4, 0.5) is 5.95 Å². The van der Waals surface area contributed by atoms with E-state index in [0.29, 0.717) is 5.95 Å². The van der Waals surface area contributed by atoms with E-state index in [1.165, 1.54) is 0 Å². The topological polar surface area (TPSA) is 95.2 Å². The summed E-state index contributed by atoms with van der Waals surface area (Å²) in [6, 6.07) is 7.42. The summed E-state index contributed by atoms with van der Waals surface area (Å²) >= 11 is 0. The quantitative estimate of drug-likeness (QED) is 0.839. The average Bonchev–Trinajstić information content (AvgIpc) is 3.09. The maximum Gasteiger partial charge on any atom is 0.246 e. The van der Waals surface area contributed by atoms with Gasteiger partial charge in [-0.2, -0.15) is 0 Å². The highest BCUT2D eigenvalue weighted by Crippen LogP contribution is 2.37. The van der Waals surface area contributed by atoms with Crippen LogP contribution in [0.5, 0.6) is 0 Å². The van der Waals surface area contributed by atoms with E-state index in [4.69, 9.17) is 0 Å². The number of aromatic nitrogens is 2. The molecule has 2 heterocycles. The molecule has 2 aromatic rings. The number of fused-ring (bicyclic) bond motifs is 2. The third kappa shape index (κ3) is 2.46. The number of anilines is 1. The van der Waals surface area contributed by atoms with Crippen LogP contribution in [-0.4, -0.2) is 39.1 Å². The van der Waals surface area contributed by atoms with Crippen molar-refractivity contribution >= 4 is 34.7 Å². The van der Waals surface area contributed by atoms with Gasteiger partial charge < -0.3 is 4.98 Å². The van der Waals surface area contributed by atoms with Gasteiger partial charge in [0.05, 0.1) is 22.9 Å². The van der Waals surface area contributed by atoms with Crippen molar-refractivity contribution in [2.24, 2.45) is 11.8 Å². The number of imide groups is 1. The van der Waals surface area contributed by atoms with Gasteiger partial charge in [0.2, 0.25) is 23.7 Å². The Hall–Kier alpha value is -2.70. The molecule has 1 aliphatic carbocycles. The second-order valence-corrected chi connectivity index (χ2v) is 6.41. The molecule has 1 saturated carbocycles. The summed E-state index contributed by atoms with van der Waals surface area (Å²) in [5.74, 6) is -0.975. The summed E-state index contributed by atoms with van der Waals surface area (Å²) in [6.07, 6.45) is 3.44. The lowest BCUT2D eigenvalue weighted by Crippen LogP contribution is -2.38. The van der Waals surface area contributed by atoms with E-state index >= 15 is 0 Å². The molecule has 1 aromatic heterocycles. The third-order valence-electron chi connectivity index (χ3n) is 4.88. The van der Waals surface area contributed by atoms with Crippen LogP contribution in [0, 0.1) is 11.8 Å². The maximum atomic E-state index is 12.4. The first kappa shape index (κ1) is 14.9. The summed E-state index contributed by atoms with van der Waals surface area (Å²) in [4.78, 5) is 45.3. The Morgan fingerprint density at radius 1 is 1.17 bits per heavy atom. The van der Waals surface area contributed by atoms with Gasteiger partial charge in [-0.3, -0.25) is 24.6 Å². The molecule has 7 nitrogen and oxygen atoms in total. The lowest BCUT2D eigenvalue weighted by Gasteiger charge is -2.19. The van der Waals surface area contributed by atoms with Crippen LogP contribution in [-0.2, 0) is 14.4 Å². The van der Waals surface area contributed by atoms with Crippen molar-refractivity contribution < 1.29 is 14.4 Å². The van der Waals surface area contributed by atoms with E-state index in [1.54, 1.807) is 0 Å². The highest BCUT2D eigenvalue weighted by molar-refractivity contribution is 6.08. The molecule has 1 aromatic carbocycles. The molecule has 1 aliphatic heterocycles. The van der Waals surface area contributed by atoms with E-state index in [2.05, 4.69) is 15.3 Å². The fraction of sp³-hybridized carbons (Fsp3) is 0.412. The van der Waals surface area contributed by atoms with E-state index in [9.17, 15) is 14.4 Å². The number of amides is 3. The zero-order chi connectivity index (χ0) is 16.7. The largest absolute Gasteiger partial charge is 0.324 e. The van der Waals surface area contributed by atoms with Crippen LogP contribution in [0.25, 0.3) is 11.0 Å². The Morgan fingerprint density at radius 2 is 1.83 bits per heavy atom. The molecule has 2 atom stereocenters. The lowest BCUT2D eigenvalue weighted by molar-refractivity contribution is -0.142. The highest BCUT2D eigenvalue weighted by atomic mass is 16.2. The van der Waals surface area contributed by atoms with Crippen molar-refractivity contribution in [3.8, 4) is 0 Å². The molecule has 1 saturated heterocycles. The molecule has 4 rings (SSSR count). The van der Waals surface area contributed by atoms with Crippen LogP contribution in [0.3, 0.4) is 0 Å². The van der Waals surface area contributed by atoms with Crippen LogP contribution in [0.15, 0.2) is 24.3 Å². The fourth-order valence-electron chi connectivity index (χ4n) is 3.71. The Balaban J connectivity index is 1.45. The number of aromatic amines is 1. The molecular weight excluding hydrogens is 308 g/mol. The zero-order valence-electron chi connectivity index (χ0n) is 13.1. The van der Waals surface area contributed by atoms with Gasteiger partial charge in [-0.15, -0.1) is 0 Å². The SMILES string of the molecule is O=C(CN1C(=O)[C@H]2CCCC[C@@H]2C1=O)Nc1nc2ccccc2[nH]1. The number of rotatable bonds is 3. The molecule has 0 radical (unpaired) electrons. The molecule has 2 N–H and O–H groups in total. The second kappa shape index (κ2) is 5.74. The molecular formula is C17H18N4O3. The van der Waals surface area contributed by atoms with Crippen LogP contribution in [0.1, 0.15) is 25.7 Å². The van der Waals surface area contributed by atoms with Gasteiger partial charge in [0.25, 0.3) is 0 Å². The van der Waals surface area contributed by atoms with Crippen LogP contribution < -0.4 is 5.32 Å². The number of likely N-dealkylation sites (tertiary alicyclic amines) is 1. The molecule has 124 valence electrons. The number of imidazole rings is 1. The van der Waals surface area contributed by atoms with Crippen molar-refractivity contribution in [2.45, 2.75) is 25.7 Å². The maximum absolute atomic E-state index is 12.4. The number of hydrogen-bond donors (Lipinski definition) is 2. The number of carbonyl (C=O) groups is 3. The van der Waals surface area contributed by atoms with Gasteiger partial charge in [0, 0.05) is 0 Å². The Kier molecular flexibility index (Phi) is 3.55. The standard InChI is InChI=1S/C17H18N4O3/c22-14(20-17-18-12-7-3-4-8-13(12)19-17)9-21-15(23)10-5-1-2-6-11(10)16(21)24/h3-4,7-8,10-11H,1-2,5-6,9H2,(H2,18,19,20,22)/t10-,11-/m0/s1. The molecule has 24 heavy (non-hydrogen) atoms. The number of nitrogens with zero attached hydrogens (tertiary/aromatic N) is 2. The monoisotopic (exact) mass is 326 g/mol. The van der Waals surface area contributed by atoms with Crippen molar-refractivity contribution in [1.82, 2.24) is 14.9 Å². The zero-order valence-corrected chi connectivity index (χ0v) is 13.1. The second-order valence-electron chi connectivity index (χ2n) is 6.41. The summed E-state index contributed by atoms with van der Waals surface area (Å²) in [7, 11) is 0. The van der Waals surface area contributed by atoms with Gasteiger partial charge in [-0.1, -0.05) is 25.0 Å². The number of benzene rings is 1.